The van der Waals surface area contributed by atoms with Crippen LogP contribution in [0.3, 0.4) is 0 Å². The predicted molar refractivity (Wildman–Crippen MR) is 84.0 cm³/mol. The van der Waals surface area contributed by atoms with Gasteiger partial charge in [-0.15, -0.1) is 11.3 Å². The van der Waals surface area contributed by atoms with Gasteiger partial charge in [0.05, 0.1) is 11.1 Å². The molecule has 0 atom stereocenters. The van der Waals surface area contributed by atoms with Crippen LogP contribution in [0.15, 0.2) is 0 Å². The van der Waals surface area contributed by atoms with Gasteiger partial charge >= 0.3 is 0 Å². The summed E-state index contributed by atoms with van der Waals surface area (Å²) in [6, 6.07) is 0. The Balaban J connectivity index is 2.09. The topological polar surface area (TPSA) is 68.0 Å². The van der Waals surface area contributed by atoms with Crippen molar-refractivity contribution in [3.8, 4) is 0 Å². The molecule has 4 nitrogen and oxygen atoms in total. The van der Waals surface area contributed by atoms with Crippen LogP contribution in [0, 0.1) is 18.3 Å². The molecular weight excluding hydrogens is 270 g/mol. The molecule has 0 spiro atoms. The largest absolute Gasteiger partial charge is 0.329 e. The molecule has 0 saturated heterocycles. The molecule has 0 aliphatic heterocycles. The van der Waals surface area contributed by atoms with Gasteiger partial charge in [-0.1, -0.05) is 13.8 Å². The Hall–Kier alpha value is -0.940. The third-order valence-corrected chi connectivity index (χ3v) is 5.48. The number of hydrogen-bond acceptors (Lipinski definition) is 4. The lowest BCUT2D eigenvalue weighted by Gasteiger charge is -2.36. The molecule has 3 N–H and O–H groups in total. The first-order valence-corrected chi connectivity index (χ1v) is 8.30. The number of amides is 1. The number of nitrogens with two attached hydrogens (primary N) is 1. The first kappa shape index (κ1) is 15.4. The number of anilines is 1. The number of thiazole rings is 1. The molecule has 5 heteroatoms. The second kappa shape index (κ2) is 6.22. The third kappa shape index (κ3) is 3.04. The number of carbonyl (C=O) groups is 1. The zero-order valence-corrected chi connectivity index (χ0v) is 13.5. The van der Waals surface area contributed by atoms with E-state index >= 15 is 0 Å². The molecule has 0 unspecified atom stereocenters. The summed E-state index contributed by atoms with van der Waals surface area (Å²) in [6.45, 7) is 6.80. The number of rotatable bonds is 4. The van der Waals surface area contributed by atoms with Crippen molar-refractivity contribution >= 4 is 22.4 Å². The third-order valence-electron chi connectivity index (χ3n) is 4.55. The van der Waals surface area contributed by atoms with E-state index in [1.165, 1.54) is 4.88 Å². The molecule has 2 rings (SSSR count). The van der Waals surface area contributed by atoms with Crippen LogP contribution in [-0.4, -0.2) is 17.4 Å². The van der Waals surface area contributed by atoms with E-state index in [-0.39, 0.29) is 5.91 Å². The highest BCUT2D eigenvalue weighted by atomic mass is 32.1. The molecule has 1 amide bonds. The van der Waals surface area contributed by atoms with E-state index in [2.05, 4.69) is 24.1 Å². The zero-order chi connectivity index (χ0) is 14.8. The molecule has 1 aromatic heterocycles. The number of hydrogen-bond donors (Lipinski definition) is 2. The lowest BCUT2D eigenvalue weighted by atomic mass is 9.70. The average Bonchev–Trinajstić information content (AvgIpc) is 2.80. The van der Waals surface area contributed by atoms with Gasteiger partial charge in [0.25, 0.3) is 0 Å². The Morgan fingerprint density at radius 2 is 2.15 bits per heavy atom. The number of aromatic nitrogens is 1. The molecule has 1 fully saturated rings. The number of carbonyl (C=O) groups excluding carboxylic acids is 1. The first-order valence-electron chi connectivity index (χ1n) is 7.48. The van der Waals surface area contributed by atoms with Crippen LogP contribution in [0.4, 0.5) is 5.13 Å². The molecule has 112 valence electrons. The van der Waals surface area contributed by atoms with Crippen molar-refractivity contribution in [3.63, 3.8) is 0 Å². The van der Waals surface area contributed by atoms with E-state index in [0.717, 1.165) is 42.9 Å². The Morgan fingerprint density at radius 3 is 2.65 bits per heavy atom. The van der Waals surface area contributed by atoms with Crippen LogP contribution >= 0.6 is 11.3 Å². The maximum Gasteiger partial charge on any atom is 0.233 e. The van der Waals surface area contributed by atoms with Crippen LogP contribution < -0.4 is 11.1 Å². The molecule has 0 radical (unpaired) electrons. The van der Waals surface area contributed by atoms with Gasteiger partial charge in [0.2, 0.25) is 5.91 Å². The van der Waals surface area contributed by atoms with Crippen molar-refractivity contribution in [2.24, 2.45) is 17.1 Å². The van der Waals surface area contributed by atoms with Gasteiger partial charge in [0, 0.05) is 11.4 Å². The monoisotopic (exact) mass is 295 g/mol. The fourth-order valence-corrected chi connectivity index (χ4v) is 3.78. The van der Waals surface area contributed by atoms with Crippen molar-refractivity contribution < 1.29 is 4.79 Å². The Labute approximate surface area is 125 Å². The minimum Gasteiger partial charge on any atom is -0.329 e. The lowest BCUT2D eigenvalue weighted by molar-refractivity contribution is -0.127. The molecule has 1 aliphatic carbocycles. The quantitative estimate of drug-likeness (QED) is 0.897. The predicted octanol–water partition coefficient (Wildman–Crippen LogP) is 3.11. The van der Waals surface area contributed by atoms with Gasteiger partial charge in [-0.2, -0.15) is 0 Å². The molecule has 20 heavy (non-hydrogen) atoms. The number of nitrogens with one attached hydrogen (secondary N) is 1. The molecule has 0 aromatic carbocycles. The first-order chi connectivity index (χ1) is 9.50. The lowest BCUT2D eigenvalue weighted by Crippen LogP contribution is -2.44. The van der Waals surface area contributed by atoms with Gasteiger partial charge in [0.15, 0.2) is 5.13 Å². The molecular formula is C15H25N3OS. The summed E-state index contributed by atoms with van der Waals surface area (Å²) in [7, 11) is 0. The van der Waals surface area contributed by atoms with Crippen molar-refractivity contribution in [2.45, 2.75) is 52.9 Å². The average molecular weight is 295 g/mol. The van der Waals surface area contributed by atoms with Gasteiger partial charge < -0.3 is 11.1 Å². The number of nitrogens with zero attached hydrogens (tertiary/aromatic N) is 1. The molecule has 1 saturated carbocycles. The van der Waals surface area contributed by atoms with E-state index < -0.39 is 5.41 Å². The second-order valence-corrected chi connectivity index (χ2v) is 7.20. The van der Waals surface area contributed by atoms with Crippen molar-refractivity contribution in [2.75, 3.05) is 11.9 Å². The summed E-state index contributed by atoms with van der Waals surface area (Å²) < 4.78 is 0. The fraction of sp³-hybridized carbons (Fsp3) is 0.733. The fourth-order valence-electron chi connectivity index (χ4n) is 2.88. The van der Waals surface area contributed by atoms with Gasteiger partial charge in [-0.05, 0) is 44.9 Å². The number of aryl methyl sites for hydroxylation is 2. The van der Waals surface area contributed by atoms with E-state index in [9.17, 15) is 4.79 Å². The summed E-state index contributed by atoms with van der Waals surface area (Å²) in [5.41, 5.74) is 6.60. The van der Waals surface area contributed by atoms with Gasteiger partial charge in [-0.3, -0.25) is 4.79 Å². The van der Waals surface area contributed by atoms with Crippen LogP contribution in [0.25, 0.3) is 0 Å². The standard InChI is InChI=1S/C15H25N3OS/c1-4-12-11(3)20-14(17-12)18-13(19)15(9-16)7-5-10(2)6-8-15/h10H,4-9,16H2,1-3H3,(H,17,18,19). The second-order valence-electron chi connectivity index (χ2n) is 6.00. The van der Waals surface area contributed by atoms with Crippen LogP contribution in [0.1, 0.15) is 50.1 Å². The highest BCUT2D eigenvalue weighted by Crippen LogP contribution is 2.39. The van der Waals surface area contributed by atoms with E-state index in [4.69, 9.17) is 5.73 Å². The molecule has 0 bridgehead atoms. The summed E-state index contributed by atoms with van der Waals surface area (Å²) in [5, 5.41) is 3.72. The van der Waals surface area contributed by atoms with E-state index in [1.54, 1.807) is 11.3 Å². The van der Waals surface area contributed by atoms with Crippen molar-refractivity contribution in [3.05, 3.63) is 10.6 Å². The highest BCUT2D eigenvalue weighted by Gasteiger charge is 2.40. The van der Waals surface area contributed by atoms with Crippen molar-refractivity contribution in [1.29, 1.82) is 0 Å². The van der Waals surface area contributed by atoms with Crippen LogP contribution in [-0.2, 0) is 11.2 Å². The van der Waals surface area contributed by atoms with E-state index in [1.807, 2.05) is 6.92 Å². The smallest absolute Gasteiger partial charge is 0.233 e. The Morgan fingerprint density at radius 1 is 1.50 bits per heavy atom. The highest BCUT2D eigenvalue weighted by molar-refractivity contribution is 7.15. The Bertz CT molecular complexity index is 475. The summed E-state index contributed by atoms with van der Waals surface area (Å²) in [6.07, 6.45) is 4.85. The maximum atomic E-state index is 12.6. The van der Waals surface area contributed by atoms with Crippen molar-refractivity contribution in [1.82, 2.24) is 4.98 Å². The van der Waals surface area contributed by atoms with Crippen LogP contribution in [0.2, 0.25) is 0 Å². The summed E-state index contributed by atoms with van der Waals surface area (Å²) in [5.74, 6) is 0.763. The molecule has 1 aromatic rings. The van der Waals surface area contributed by atoms with Crippen LogP contribution in [0.5, 0.6) is 0 Å². The molecule has 1 aliphatic rings. The minimum atomic E-state index is -0.390. The maximum absolute atomic E-state index is 12.6. The normalized spacial score (nSPS) is 26.5. The minimum absolute atomic E-state index is 0.0586. The summed E-state index contributed by atoms with van der Waals surface area (Å²) >= 11 is 1.56. The van der Waals surface area contributed by atoms with Gasteiger partial charge in [0.1, 0.15) is 0 Å². The zero-order valence-electron chi connectivity index (χ0n) is 12.7. The SMILES string of the molecule is CCc1nc(NC(=O)C2(CN)CCC(C)CC2)sc1C. The Kier molecular flexibility index (Phi) is 4.81. The summed E-state index contributed by atoms with van der Waals surface area (Å²) in [4.78, 5) is 18.3. The van der Waals surface area contributed by atoms with E-state index in [0.29, 0.717) is 12.5 Å². The molecule has 1 heterocycles. The van der Waals surface area contributed by atoms with Gasteiger partial charge in [-0.25, -0.2) is 4.98 Å².